The molecule has 0 N–H and O–H groups in total. The highest BCUT2D eigenvalue weighted by molar-refractivity contribution is 5.68. The smallest absolute Gasteiger partial charge is 0.211 e. The topological polar surface area (TPSA) is 43.6 Å². The fourth-order valence-corrected chi connectivity index (χ4v) is 2.58. The van der Waals surface area contributed by atoms with Crippen molar-refractivity contribution >= 4 is 0 Å². The number of aryl methyl sites for hydroxylation is 1. The third-order valence-corrected chi connectivity index (χ3v) is 3.84. The van der Waals surface area contributed by atoms with Crippen LogP contribution >= 0.6 is 0 Å². The molecule has 0 aliphatic heterocycles. The second-order valence-electron chi connectivity index (χ2n) is 5.77. The first kappa shape index (κ1) is 15.2. The molecule has 5 heteroatoms. The maximum Gasteiger partial charge on any atom is 0.251 e. The predicted octanol–water partition coefficient (Wildman–Crippen LogP) is 4.44. The Morgan fingerprint density at radius 3 is 2.08 bits per heavy atom. The Morgan fingerprint density at radius 2 is 1.48 bits per heavy atom. The zero-order chi connectivity index (χ0) is 17.2. The third-order valence-electron chi connectivity index (χ3n) is 3.84. The van der Waals surface area contributed by atoms with Crippen molar-refractivity contribution in [3.8, 4) is 28.5 Å². The van der Waals surface area contributed by atoms with E-state index >= 15 is 0 Å². The predicted molar refractivity (Wildman–Crippen MR) is 94.7 cm³/mol. The van der Waals surface area contributed by atoms with Gasteiger partial charge in [0.1, 0.15) is 5.82 Å². The average Bonchev–Trinajstić information content (AvgIpc) is 3.09. The molecule has 0 spiro atoms. The van der Waals surface area contributed by atoms with Crippen LogP contribution in [0.1, 0.15) is 5.56 Å². The highest BCUT2D eigenvalue weighted by Crippen LogP contribution is 2.25. The second kappa shape index (κ2) is 6.28. The first-order chi connectivity index (χ1) is 12.2. The molecule has 2 heterocycles. The number of halogens is 1. The van der Waals surface area contributed by atoms with Gasteiger partial charge in [-0.25, -0.2) is 19.0 Å². The molecule has 0 radical (unpaired) electrons. The van der Waals surface area contributed by atoms with E-state index < -0.39 is 0 Å². The van der Waals surface area contributed by atoms with E-state index in [-0.39, 0.29) is 5.82 Å². The molecule has 4 rings (SSSR count). The Morgan fingerprint density at radius 1 is 0.840 bits per heavy atom. The first-order valence-electron chi connectivity index (χ1n) is 7.91. The highest BCUT2D eigenvalue weighted by Gasteiger charge is 2.11. The van der Waals surface area contributed by atoms with E-state index in [0.717, 1.165) is 28.1 Å². The lowest BCUT2D eigenvalue weighted by atomic mass is 10.1. The lowest BCUT2D eigenvalue weighted by Crippen LogP contribution is -2.04. The molecule has 2 aromatic carbocycles. The van der Waals surface area contributed by atoms with Crippen LogP contribution in [0.3, 0.4) is 0 Å². The fourth-order valence-electron chi connectivity index (χ4n) is 2.58. The van der Waals surface area contributed by atoms with Crippen LogP contribution in [-0.2, 0) is 0 Å². The Labute approximate surface area is 144 Å². The number of benzene rings is 2. The summed E-state index contributed by atoms with van der Waals surface area (Å²) in [6.07, 6.45) is 3.63. The average molecular weight is 330 g/mol. The minimum Gasteiger partial charge on any atom is -0.211 e. The molecule has 0 atom stereocenters. The van der Waals surface area contributed by atoms with Crippen LogP contribution in [-0.4, -0.2) is 19.7 Å². The van der Waals surface area contributed by atoms with E-state index in [1.54, 1.807) is 23.0 Å². The van der Waals surface area contributed by atoms with Crippen molar-refractivity contribution in [2.45, 2.75) is 6.92 Å². The molecule has 0 aliphatic carbocycles. The largest absolute Gasteiger partial charge is 0.251 e. The van der Waals surface area contributed by atoms with Gasteiger partial charge in [0.15, 0.2) is 0 Å². The summed E-state index contributed by atoms with van der Waals surface area (Å²) < 4.78 is 14.9. The molecule has 122 valence electrons. The van der Waals surface area contributed by atoms with Crippen molar-refractivity contribution in [2.75, 3.05) is 0 Å². The quantitative estimate of drug-likeness (QED) is 0.557. The molecule has 4 aromatic rings. The van der Waals surface area contributed by atoms with E-state index in [9.17, 15) is 4.39 Å². The van der Waals surface area contributed by atoms with Gasteiger partial charge in [-0.05, 0) is 42.8 Å². The minimum absolute atomic E-state index is 0.274. The van der Waals surface area contributed by atoms with Crippen molar-refractivity contribution in [1.29, 1.82) is 0 Å². The highest BCUT2D eigenvalue weighted by atomic mass is 19.1. The number of hydrogen-bond donors (Lipinski definition) is 0. The first-order valence-corrected chi connectivity index (χ1v) is 7.91. The maximum absolute atomic E-state index is 13.2. The van der Waals surface area contributed by atoms with Crippen molar-refractivity contribution < 1.29 is 4.39 Å². The molecule has 2 aromatic heterocycles. The molecular formula is C20H15FN4. The SMILES string of the molecule is Cc1cnn(-c2nc(-c3ccccc3)cc(-c3ccc(F)cc3)n2)c1. The standard InChI is InChI=1S/C20H15FN4/c1-14-12-22-25(13-14)20-23-18(15-5-3-2-4-6-15)11-19(24-20)16-7-9-17(21)10-8-16/h2-13H,1H3. The van der Waals surface area contributed by atoms with Crippen LogP contribution in [0.5, 0.6) is 0 Å². The number of nitrogens with zero attached hydrogens (tertiary/aromatic N) is 4. The van der Waals surface area contributed by atoms with Crippen LogP contribution in [0.15, 0.2) is 73.1 Å². The van der Waals surface area contributed by atoms with Crippen molar-refractivity contribution in [3.63, 3.8) is 0 Å². The van der Waals surface area contributed by atoms with E-state index in [4.69, 9.17) is 0 Å². The summed E-state index contributed by atoms with van der Waals surface area (Å²) in [6.45, 7) is 1.96. The number of rotatable bonds is 3. The van der Waals surface area contributed by atoms with Gasteiger partial charge < -0.3 is 0 Å². The second-order valence-corrected chi connectivity index (χ2v) is 5.77. The summed E-state index contributed by atoms with van der Waals surface area (Å²) in [5.41, 5.74) is 4.34. The Kier molecular flexibility index (Phi) is 3.82. The Hall–Kier alpha value is -3.34. The minimum atomic E-state index is -0.274. The van der Waals surface area contributed by atoms with Gasteiger partial charge in [0, 0.05) is 17.3 Å². The molecule has 25 heavy (non-hydrogen) atoms. The zero-order valence-electron chi connectivity index (χ0n) is 13.6. The summed E-state index contributed by atoms with van der Waals surface area (Å²) in [6, 6.07) is 18.1. The fraction of sp³-hybridized carbons (Fsp3) is 0.0500. The Balaban J connectivity index is 1.90. The van der Waals surface area contributed by atoms with Gasteiger partial charge in [0.05, 0.1) is 17.6 Å². The van der Waals surface area contributed by atoms with Crippen LogP contribution in [0.25, 0.3) is 28.5 Å². The van der Waals surface area contributed by atoms with E-state index in [1.807, 2.05) is 49.5 Å². The number of hydrogen-bond acceptors (Lipinski definition) is 3. The van der Waals surface area contributed by atoms with Gasteiger partial charge in [-0.1, -0.05) is 30.3 Å². The van der Waals surface area contributed by atoms with Crippen molar-refractivity contribution in [2.24, 2.45) is 0 Å². The molecule has 0 aliphatic rings. The normalized spacial score (nSPS) is 10.8. The van der Waals surface area contributed by atoms with Crippen molar-refractivity contribution in [3.05, 3.63) is 84.4 Å². The maximum atomic E-state index is 13.2. The summed E-state index contributed by atoms with van der Waals surface area (Å²) >= 11 is 0. The third kappa shape index (κ3) is 3.17. The van der Waals surface area contributed by atoms with Gasteiger partial charge in [-0.3, -0.25) is 0 Å². The number of aromatic nitrogens is 4. The molecule has 0 saturated heterocycles. The van der Waals surface area contributed by atoms with Gasteiger partial charge in [0.25, 0.3) is 5.95 Å². The van der Waals surface area contributed by atoms with Crippen LogP contribution in [0, 0.1) is 12.7 Å². The van der Waals surface area contributed by atoms with E-state index in [2.05, 4.69) is 15.1 Å². The van der Waals surface area contributed by atoms with Crippen LogP contribution in [0.2, 0.25) is 0 Å². The lowest BCUT2D eigenvalue weighted by molar-refractivity contribution is 0.628. The van der Waals surface area contributed by atoms with E-state index in [1.165, 1.54) is 12.1 Å². The van der Waals surface area contributed by atoms with Crippen LogP contribution in [0.4, 0.5) is 4.39 Å². The van der Waals surface area contributed by atoms with Gasteiger partial charge >= 0.3 is 0 Å². The lowest BCUT2D eigenvalue weighted by Gasteiger charge is -2.09. The zero-order valence-corrected chi connectivity index (χ0v) is 13.6. The van der Waals surface area contributed by atoms with E-state index in [0.29, 0.717) is 5.95 Å². The molecular weight excluding hydrogens is 315 g/mol. The van der Waals surface area contributed by atoms with Gasteiger partial charge in [-0.15, -0.1) is 0 Å². The monoisotopic (exact) mass is 330 g/mol. The molecule has 0 saturated carbocycles. The summed E-state index contributed by atoms with van der Waals surface area (Å²) in [7, 11) is 0. The summed E-state index contributed by atoms with van der Waals surface area (Å²) in [4.78, 5) is 9.25. The van der Waals surface area contributed by atoms with Gasteiger partial charge in [-0.2, -0.15) is 5.10 Å². The molecule has 4 nitrogen and oxygen atoms in total. The Bertz CT molecular complexity index is 1010. The molecule has 0 fully saturated rings. The summed E-state index contributed by atoms with van der Waals surface area (Å²) in [5, 5.41) is 4.30. The summed E-state index contributed by atoms with van der Waals surface area (Å²) in [5.74, 6) is 0.206. The molecule has 0 unspecified atom stereocenters. The van der Waals surface area contributed by atoms with Crippen molar-refractivity contribution in [1.82, 2.24) is 19.7 Å². The van der Waals surface area contributed by atoms with Crippen LogP contribution < -0.4 is 0 Å². The van der Waals surface area contributed by atoms with Gasteiger partial charge in [0.2, 0.25) is 0 Å². The molecule has 0 amide bonds. The molecule has 0 bridgehead atoms.